The lowest BCUT2D eigenvalue weighted by Crippen LogP contribution is -2.27. The number of para-hydroxylation sites is 1. The average Bonchev–Trinajstić information content (AvgIpc) is 3.76. The third kappa shape index (κ3) is 5.10. The van der Waals surface area contributed by atoms with Gasteiger partial charge in [0.15, 0.2) is 0 Å². The normalized spacial score (nSPS) is 17.5. The molecule has 4 aromatic rings. The molecule has 11 heteroatoms. The van der Waals surface area contributed by atoms with E-state index in [1.807, 2.05) is 42.6 Å². The third-order valence-electron chi connectivity index (χ3n) is 6.63. The molecule has 2 fully saturated rings. The van der Waals surface area contributed by atoms with E-state index in [2.05, 4.69) is 0 Å². The van der Waals surface area contributed by atoms with Crippen molar-refractivity contribution < 1.29 is 17.6 Å². The summed E-state index contributed by atoms with van der Waals surface area (Å²) in [4.78, 5) is 15.5. The number of benzene rings is 2. The zero-order valence-electron chi connectivity index (χ0n) is 20.8. The first-order valence-electron chi connectivity index (χ1n) is 12.4. The lowest BCUT2D eigenvalue weighted by Gasteiger charge is -2.16. The fourth-order valence-corrected chi connectivity index (χ4v) is 7.46. The Morgan fingerprint density at radius 1 is 1.03 bits per heavy atom. The van der Waals surface area contributed by atoms with Crippen LogP contribution < -0.4 is 0 Å². The van der Waals surface area contributed by atoms with Gasteiger partial charge in [0.05, 0.1) is 28.3 Å². The highest BCUT2D eigenvalue weighted by Crippen LogP contribution is 2.36. The summed E-state index contributed by atoms with van der Waals surface area (Å²) in [6.45, 7) is 1.31. The van der Waals surface area contributed by atoms with E-state index in [0.717, 1.165) is 18.5 Å². The predicted octanol–water partition coefficient (Wildman–Crippen LogP) is 5.32. The smallest absolute Gasteiger partial charge is 0.266 e. The van der Waals surface area contributed by atoms with Crippen molar-refractivity contribution in [3.8, 4) is 16.9 Å². The first-order valence-corrected chi connectivity index (χ1v) is 15.1. The van der Waals surface area contributed by atoms with Crippen molar-refractivity contribution in [2.45, 2.75) is 24.3 Å². The molecule has 198 valence electrons. The number of aromatic nitrogens is 2. The number of hydrogen-bond acceptors (Lipinski definition) is 7. The van der Waals surface area contributed by atoms with E-state index in [1.54, 1.807) is 47.4 Å². The Morgan fingerprint density at radius 3 is 2.56 bits per heavy atom. The Kier molecular flexibility index (Phi) is 6.98. The third-order valence-corrected chi connectivity index (χ3v) is 9.90. The number of carbonyl (C=O) groups excluding carboxylic acids is 1. The molecule has 2 aromatic carbocycles. The molecule has 0 unspecified atom stereocenters. The standard InChI is InChI=1S/C28H24N4O4S3/c33-27-25(38-28(37)31(27)19-23-11-7-15-36-23)17-21-18-32(22-9-2-1-3-10-22)29-26(21)20-8-6-12-24(16-20)39(34,35)30-13-4-5-14-30/h1-3,6-12,15-18H,4-5,13-14,19H2. The van der Waals surface area contributed by atoms with E-state index in [-0.39, 0.29) is 17.3 Å². The fourth-order valence-electron chi connectivity index (χ4n) is 4.65. The van der Waals surface area contributed by atoms with Crippen LogP contribution in [-0.4, -0.2) is 50.7 Å². The maximum Gasteiger partial charge on any atom is 0.266 e. The maximum atomic E-state index is 13.3. The van der Waals surface area contributed by atoms with Crippen LogP contribution in [0.3, 0.4) is 0 Å². The number of thiocarbonyl (C=S) groups is 1. The van der Waals surface area contributed by atoms with Crippen LogP contribution in [0.5, 0.6) is 0 Å². The van der Waals surface area contributed by atoms with Crippen LogP contribution in [0, 0.1) is 0 Å². The van der Waals surface area contributed by atoms with Crippen molar-refractivity contribution in [2.75, 3.05) is 13.1 Å². The van der Waals surface area contributed by atoms with Crippen LogP contribution in [0.2, 0.25) is 0 Å². The van der Waals surface area contributed by atoms with Crippen molar-refractivity contribution in [3.63, 3.8) is 0 Å². The molecule has 0 radical (unpaired) electrons. The number of sulfonamides is 1. The molecule has 0 spiro atoms. The summed E-state index contributed by atoms with van der Waals surface area (Å²) in [7, 11) is -3.61. The average molecular weight is 577 g/mol. The van der Waals surface area contributed by atoms with E-state index in [0.29, 0.717) is 44.9 Å². The van der Waals surface area contributed by atoms with Crippen LogP contribution in [0.4, 0.5) is 0 Å². The quantitative estimate of drug-likeness (QED) is 0.217. The summed E-state index contributed by atoms with van der Waals surface area (Å²) in [6.07, 6.45) is 6.90. The second-order valence-corrected chi connectivity index (χ2v) is 12.8. The van der Waals surface area contributed by atoms with Crippen LogP contribution in [0.25, 0.3) is 23.0 Å². The van der Waals surface area contributed by atoms with E-state index < -0.39 is 10.0 Å². The first kappa shape index (κ1) is 25.8. The van der Waals surface area contributed by atoms with Crippen molar-refractivity contribution >= 4 is 50.3 Å². The molecular formula is C28H24N4O4S3. The monoisotopic (exact) mass is 576 g/mol. The number of hydrogen-bond donors (Lipinski definition) is 0. The molecule has 6 rings (SSSR count). The summed E-state index contributed by atoms with van der Waals surface area (Å²) in [5.74, 6) is 0.423. The Labute approximate surface area is 236 Å². The summed E-state index contributed by atoms with van der Waals surface area (Å²) >= 11 is 6.72. The van der Waals surface area contributed by atoms with Crippen molar-refractivity contribution in [2.24, 2.45) is 0 Å². The topological polar surface area (TPSA) is 88.6 Å². The zero-order valence-corrected chi connectivity index (χ0v) is 23.2. The molecule has 39 heavy (non-hydrogen) atoms. The van der Waals surface area contributed by atoms with E-state index >= 15 is 0 Å². The van der Waals surface area contributed by atoms with Crippen LogP contribution in [-0.2, 0) is 21.4 Å². The molecule has 2 aliphatic rings. The highest BCUT2D eigenvalue weighted by Gasteiger charge is 2.33. The van der Waals surface area contributed by atoms with Gasteiger partial charge in [0.2, 0.25) is 10.0 Å². The molecule has 4 heterocycles. The van der Waals surface area contributed by atoms with E-state index in [9.17, 15) is 13.2 Å². The van der Waals surface area contributed by atoms with Gasteiger partial charge in [-0.1, -0.05) is 54.3 Å². The largest absolute Gasteiger partial charge is 0.467 e. The zero-order chi connectivity index (χ0) is 27.0. The molecular weight excluding hydrogens is 553 g/mol. The molecule has 1 amide bonds. The van der Waals surface area contributed by atoms with Gasteiger partial charge in [-0.15, -0.1) is 0 Å². The molecule has 0 N–H and O–H groups in total. The lowest BCUT2D eigenvalue weighted by atomic mass is 10.1. The Hall–Kier alpha value is -3.51. The summed E-state index contributed by atoms with van der Waals surface area (Å²) in [5, 5.41) is 4.82. The van der Waals surface area contributed by atoms with E-state index in [4.69, 9.17) is 21.7 Å². The number of carbonyl (C=O) groups is 1. The minimum atomic E-state index is -3.61. The van der Waals surface area contributed by atoms with Gasteiger partial charge < -0.3 is 4.42 Å². The number of rotatable bonds is 7. The second kappa shape index (κ2) is 10.6. The summed E-state index contributed by atoms with van der Waals surface area (Å²) in [5.41, 5.74) is 2.72. The Balaban J connectivity index is 1.40. The van der Waals surface area contributed by atoms with Crippen LogP contribution >= 0.6 is 24.0 Å². The fraction of sp³-hybridized carbons (Fsp3) is 0.179. The summed E-state index contributed by atoms with van der Waals surface area (Å²) in [6, 6.07) is 20.0. The maximum absolute atomic E-state index is 13.3. The van der Waals surface area contributed by atoms with Gasteiger partial charge in [-0.05, 0) is 55.3 Å². The Bertz CT molecular complexity index is 1670. The van der Waals surface area contributed by atoms with Gasteiger partial charge in [0.1, 0.15) is 15.8 Å². The minimum Gasteiger partial charge on any atom is -0.467 e. The van der Waals surface area contributed by atoms with E-state index in [1.165, 1.54) is 21.0 Å². The number of furan rings is 1. The molecule has 8 nitrogen and oxygen atoms in total. The number of nitrogens with zero attached hydrogens (tertiary/aromatic N) is 4. The van der Waals surface area contributed by atoms with Crippen LogP contribution in [0.1, 0.15) is 24.2 Å². The molecule has 2 aliphatic heterocycles. The minimum absolute atomic E-state index is 0.217. The molecule has 2 saturated heterocycles. The molecule has 0 saturated carbocycles. The van der Waals surface area contributed by atoms with Gasteiger partial charge in [-0.25, -0.2) is 13.1 Å². The van der Waals surface area contributed by atoms with Crippen molar-refractivity contribution in [3.05, 3.63) is 95.4 Å². The first-order chi connectivity index (χ1) is 18.9. The van der Waals surface area contributed by atoms with Gasteiger partial charge in [0, 0.05) is 30.4 Å². The molecule has 2 aromatic heterocycles. The predicted molar refractivity (Wildman–Crippen MR) is 154 cm³/mol. The van der Waals surface area contributed by atoms with Crippen molar-refractivity contribution in [1.82, 2.24) is 19.0 Å². The van der Waals surface area contributed by atoms with Gasteiger partial charge in [-0.2, -0.15) is 9.40 Å². The molecule has 0 aliphatic carbocycles. The number of amides is 1. The lowest BCUT2D eigenvalue weighted by molar-refractivity contribution is -0.122. The Morgan fingerprint density at radius 2 is 1.82 bits per heavy atom. The second-order valence-electron chi connectivity index (χ2n) is 9.20. The van der Waals surface area contributed by atoms with Gasteiger partial charge in [-0.3, -0.25) is 9.69 Å². The molecule has 0 bridgehead atoms. The van der Waals surface area contributed by atoms with Gasteiger partial charge >= 0.3 is 0 Å². The molecule has 0 atom stereocenters. The number of thioether (sulfide) groups is 1. The van der Waals surface area contributed by atoms with Crippen LogP contribution in [0.15, 0.2) is 93.4 Å². The highest BCUT2D eigenvalue weighted by molar-refractivity contribution is 8.26. The highest BCUT2D eigenvalue weighted by atomic mass is 32.2. The SMILES string of the molecule is O=C1C(=Cc2cn(-c3ccccc3)nc2-c2cccc(S(=O)(=O)N3CCCC3)c2)SC(=S)N1Cc1ccco1. The van der Waals surface area contributed by atoms with Crippen molar-refractivity contribution in [1.29, 1.82) is 0 Å². The van der Waals surface area contributed by atoms with Gasteiger partial charge in [0.25, 0.3) is 5.91 Å². The summed E-state index contributed by atoms with van der Waals surface area (Å²) < 4.78 is 35.6.